The molecule has 0 unspecified atom stereocenters. The largest absolute Gasteiger partial charge is 0.366 e. The Kier molecular flexibility index (Phi) is 5.84. The van der Waals surface area contributed by atoms with Crippen LogP contribution in [0.2, 0.25) is 0 Å². The second-order valence-electron chi connectivity index (χ2n) is 8.12. The second-order valence-corrected chi connectivity index (χ2v) is 10.5. The smallest absolute Gasteiger partial charge is 0.250 e. The Morgan fingerprint density at radius 3 is 2.06 bits per heavy atom. The summed E-state index contributed by atoms with van der Waals surface area (Å²) in [5, 5.41) is 0. The van der Waals surface area contributed by atoms with Crippen molar-refractivity contribution in [3.63, 3.8) is 0 Å². The molecule has 5 aromatic rings. The van der Waals surface area contributed by atoms with Crippen molar-refractivity contribution in [3.05, 3.63) is 113 Å². The number of carbonyl (C=O) groups excluding carboxylic acids is 1. The molecule has 0 saturated carbocycles. The number of sulfone groups is 1. The van der Waals surface area contributed by atoms with Gasteiger partial charge in [0.2, 0.25) is 9.84 Å². The molecule has 0 bridgehead atoms. The predicted molar refractivity (Wildman–Crippen MR) is 139 cm³/mol. The van der Waals surface area contributed by atoms with Gasteiger partial charge >= 0.3 is 0 Å². The Morgan fingerprint density at radius 2 is 1.43 bits per heavy atom. The number of primary amides is 1. The number of fused-ring (bicyclic) bond motifs is 1. The standard InChI is InChI=1S/C27H21N3O3S2/c28-26(31)23-15-22(35(32,33)21-9-5-2-6-10-21)16-24-25(23)29-27(34)30(24)17-18-11-13-20(14-12-18)19-7-3-1-4-8-19/h1-16H,17H2,(H2,28,31)(H,29,34). The minimum atomic E-state index is -3.87. The van der Waals surface area contributed by atoms with Crippen molar-refractivity contribution in [1.82, 2.24) is 9.55 Å². The maximum atomic E-state index is 13.3. The summed E-state index contributed by atoms with van der Waals surface area (Å²) in [6.07, 6.45) is 0. The van der Waals surface area contributed by atoms with Crippen LogP contribution in [0.25, 0.3) is 22.2 Å². The summed E-state index contributed by atoms with van der Waals surface area (Å²) in [5.74, 6) is -0.740. The average Bonchev–Trinajstić information content (AvgIpc) is 3.19. The van der Waals surface area contributed by atoms with E-state index in [0.717, 1.165) is 16.7 Å². The number of aromatic amines is 1. The topological polar surface area (TPSA) is 98.0 Å². The minimum absolute atomic E-state index is 0.0211. The third-order valence-corrected chi connectivity index (χ3v) is 7.96. The monoisotopic (exact) mass is 499 g/mol. The van der Waals surface area contributed by atoms with Gasteiger partial charge in [-0.05, 0) is 53.2 Å². The van der Waals surface area contributed by atoms with E-state index in [2.05, 4.69) is 4.98 Å². The van der Waals surface area contributed by atoms with E-state index in [-0.39, 0.29) is 15.4 Å². The molecule has 35 heavy (non-hydrogen) atoms. The van der Waals surface area contributed by atoms with Crippen LogP contribution in [0.4, 0.5) is 0 Å². The lowest BCUT2D eigenvalue weighted by Crippen LogP contribution is -2.13. The summed E-state index contributed by atoms with van der Waals surface area (Å²) in [5.41, 5.74) is 9.77. The molecule has 6 nitrogen and oxygen atoms in total. The highest BCUT2D eigenvalue weighted by molar-refractivity contribution is 7.91. The zero-order valence-electron chi connectivity index (χ0n) is 18.5. The van der Waals surface area contributed by atoms with Gasteiger partial charge in [-0.25, -0.2) is 8.42 Å². The highest BCUT2D eigenvalue weighted by Crippen LogP contribution is 2.28. The van der Waals surface area contributed by atoms with Crippen molar-refractivity contribution in [2.45, 2.75) is 16.3 Å². The molecule has 0 aliphatic heterocycles. The normalized spacial score (nSPS) is 11.5. The van der Waals surface area contributed by atoms with Gasteiger partial charge in [0.25, 0.3) is 5.91 Å². The van der Waals surface area contributed by atoms with Gasteiger partial charge in [-0.15, -0.1) is 0 Å². The summed E-state index contributed by atoms with van der Waals surface area (Å²) >= 11 is 5.54. The molecule has 0 fully saturated rings. The molecule has 0 saturated heterocycles. The van der Waals surface area contributed by atoms with Crippen LogP contribution in [-0.4, -0.2) is 23.9 Å². The molecule has 1 aromatic heterocycles. The highest BCUT2D eigenvalue weighted by atomic mass is 32.2. The highest BCUT2D eigenvalue weighted by Gasteiger charge is 2.23. The van der Waals surface area contributed by atoms with Crippen molar-refractivity contribution in [1.29, 1.82) is 0 Å². The van der Waals surface area contributed by atoms with Gasteiger partial charge < -0.3 is 15.3 Å². The van der Waals surface area contributed by atoms with E-state index in [4.69, 9.17) is 18.0 Å². The van der Waals surface area contributed by atoms with Gasteiger partial charge in [-0.3, -0.25) is 4.79 Å². The second kappa shape index (κ2) is 8.98. The number of benzene rings is 4. The number of hydrogen-bond acceptors (Lipinski definition) is 4. The molecule has 4 aromatic carbocycles. The molecular formula is C27H21N3O3S2. The summed E-state index contributed by atoms with van der Waals surface area (Å²) in [7, 11) is -3.87. The van der Waals surface area contributed by atoms with E-state index in [9.17, 15) is 13.2 Å². The van der Waals surface area contributed by atoms with Crippen LogP contribution in [0.15, 0.2) is 107 Å². The molecule has 0 radical (unpaired) electrons. The fourth-order valence-corrected chi connectivity index (χ4v) is 5.68. The van der Waals surface area contributed by atoms with Crippen LogP contribution >= 0.6 is 12.2 Å². The van der Waals surface area contributed by atoms with E-state index >= 15 is 0 Å². The number of H-pyrrole nitrogens is 1. The Hall–Kier alpha value is -4.01. The van der Waals surface area contributed by atoms with Crippen molar-refractivity contribution < 1.29 is 13.2 Å². The van der Waals surface area contributed by atoms with E-state index in [0.29, 0.717) is 22.3 Å². The van der Waals surface area contributed by atoms with E-state index in [1.807, 2.05) is 54.6 Å². The fourth-order valence-electron chi connectivity index (χ4n) is 4.09. The molecule has 0 atom stereocenters. The third-order valence-electron chi connectivity index (χ3n) is 5.89. The van der Waals surface area contributed by atoms with Gasteiger partial charge in [0.15, 0.2) is 4.77 Å². The minimum Gasteiger partial charge on any atom is -0.366 e. The van der Waals surface area contributed by atoms with Gasteiger partial charge in [0.1, 0.15) is 0 Å². The van der Waals surface area contributed by atoms with Gasteiger partial charge in [0.05, 0.1) is 32.9 Å². The first-order chi connectivity index (χ1) is 16.8. The Bertz CT molecular complexity index is 1710. The van der Waals surface area contributed by atoms with E-state index in [1.165, 1.54) is 24.3 Å². The number of aromatic nitrogens is 2. The Morgan fingerprint density at radius 1 is 0.829 bits per heavy atom. The van der Waals surface area contributed by atoms with E-state index in [1.54, 1.807) is 22.8 Å². The summed E-state index contributed by atoms with van der Waals surface area (Å²) < 4.78 is 28.7. The molecule has 1 heterocycles. The van der Waals surface area contributed by atoms with Crippen LogP contribution < -0.4 is 5.73 Å². The molecular weight excluding hydrogens is 478 g/mol. The molecule has 5 rings (SSSR count). The lowest BCUT2D eigenvalue weighted by Gasteiger charge is -2.10. The van der Waals surface area contributed by atoms with Gasteiger partial charge in [-0.2, -0.15) is 0 Å². The number of amides is 1. The lowest BCUT2D eigenvalue weighted by atomic mass is 10.0. The number of nitrogens with two attached hydrogens (primary N) is 1. The Balaban J connectivity index is 1.61. The van der Waals surface area contributed by atoms with Crippen molar-refractivity contribution in [3.8, 4) is 11.1 Å². The summed E-state index contributed by atoms with van der Waals surface area (Å²) in [4.78, 5) is 15.4. The van der Waals surface area contributed by atoms with Crippen LogP contribution in [-0.2, 0) is 16.4 Å². The molecule has 1 amide bonds. The summed E-state index contributed by atoms with van der Waals surface area (Å²) in [6.45, 7) is 0.390. The number of rotatable bonds is 6. The van der Waals surface area contributed by atoms with Crippen molar-refractivity contribution >= 4 is 39.0 Å². The summed E-state index contributed by atoms with van der Waals surface area (Å²) in [6, 6.07) is 29.0. The quantitative estimate of drug-likeness (QED) is 0.308. The molecule has 0 aliphatic carbocycles. The number of carbonyl (C=O) groups is 1. The van der Waals surface area contributed by atoms with Crippen molar-refractivity contribution in [2.75, 3.05) is 0 Å². The third kappa shape index (κ3) is 4.29. The zero-order valence-corrected chi connectivity index (χ0v) is 20.1. The number of hydrogen-bond donors (Lipinski definition) is 2. The lowest BCUT2D eigenvalue weighted by molar-refractivity contribution is 0.100. The number of nitrogens with one attached hydrogen (secondary N) is 1. The number of nitrogens with zero attached hydrogens (tertiary/aromatic N) is 1. The van der Waals surface area contributed by atoms with Crippen LogP contribution in [0.1, 0.15) is 15.9 Å². The molecule has 0 aliphatic rings. The van der Waals surface area contributed by atoms with Crippen LogP contribution in [0.5, 0.6) is 0 Å². The SMILES string of the molecule is NC(=O)c1cc(S(=O)(=O)c2ccccc2)cc2c1[nH]c(=S)n2Cc1ccc(-c2ccccc2)cc1. The molecule has 0 spiro atoms. The Labute approximate surface area is 207 Å². The molecule has 3 N–H and O–H groups in total. The number of imidazole rings is 1. The molecule has 8 heteroatoms. The first-order valence-electron chi connectivity index (χ1n) is 10.9. The van der Waals surface area contributed by atoms with Gasteiger partial charge in [-0.1, -0.05) is 72.8 Å². The van der Waals surface area contributed by atoms with E-state index < -0.39 is 15.7 Å². The van der Waals surface area contributed by atoms with Crippen LogP contribution in [0, 0.1) is 4.77 Å². The predicted octanol–water partition coefficient (Wildman–Crippen LogP) is 5.35. The maximum absolute atomic E-state index is 13.3. The zero-order chi connectivity index (χ0) is 24.6. The fraction of sp³-hybridized carbons (Fsp3) is 0.0370. The molecule has 174 valence electrons. The average molecular weight is 500 g/mol. The first kappa shape index (κ1) is 22.8. The first-order valence-corrected chi connectivity index (χ1v) is 12.7. The maximum Gasteiger partial charge on any atom is 0.250 e. The van der Waals surface area contributed by atoms with Crippen molar-refractivity contribution in [2.24, 2.45) is 5.73 Å². The van der Waals surface area contributed by atoms with Crippen LogP contribution in [0.3, 0.4) is 0 Å². The van der Waals surface area contributed by atoms with Gasteiger partial charge in [0, 0.05) is 0 Å².